The van der Waals surface area contributed by atoms with Gasteiger partial charge in [0.25, 0.3) is 0 Å². The number of piperidine rings is 1. The molecular weight excluding hydrogens is 437 g/mol. The van der Waals surface area contributed by atoms with Crippen LogP contribution in [0, 0.1) is 18.7 Å². The Morgan fingerprint density at radius 3 is 2.51 bits per heavy atom. The second-order valence-corrected chi connectivity index (χ2v) is 9.63. The van der Waals surface area contributed by atoms with Crippen molar-refractivity contribution in [2.24, 2.45) is 5.92 Å². The van der Waals surface area contributed by atoms with Crippen LogP contribution >= 0.6 is 0 Å². The van der Waals surface area contributed by atoms with Crippen LogP contribution in [-0.4, -0.2) is 28.5 Å². The third kappa shape index (κ3) is 5.46. The summed E-state index contributed by atoms with van der Waals surface area (Å²) in [6.07, 6.45) is 1.64. The van der Waals surface area contributed by atoms with E-state index < -0.39 is 0 Å². The van der Waals surface area contributed by atoms with E-state index in [1.54, 1.807) is 18.2 Å². The molecule has 1 aliphatic rings. The van der Waals surface area contributed by atoms with E-state index in [0.29, 0.717) is 5.56 Å². The van der Waals surface area contributed by atoms with Gasteiger partial charge in [0.2, 0.25) is 5.91 Å². The van der Waals surface area contributed by atoms with Crippen LogP contribution in [0.5, 0.6) is 0 Å². The number of aromatic nitrogens is 1. The molecular formula is C30H32FN3O. The van der Waals surface area contributed by atoms with Gasteiger partial charge in [0.15, 0.2) is 0 Å². The lowest BCUT2D eigenvalue weighted by atomic mass is 9.95. The van der Waals surface area contributed by atoms with Crippen molar-refractivity contribution in [3.05, 3.63) is 107 Å². The minimum absolute atomic E-state index is 0.0174. The van der Waals surface area contributed by atoms with Crippen molar-refractivity contribution in [2.75, 3.05) is 13.1 Å². The Bertz CT molecular complexity index is 1320. The summed E-state index contributed by atoms with van der Waals surface area (Å²) in [6, 6.07) is 26.2. The predicted octanol–water partition coefficient (Wildman–Crippen LogP) is 5.67. The SMILES string of the molecule is Cc1cccc(Cn2c(CN3CCC(C(=O)NCc4ccccc4F)CC3)cc3ccccc32)c1. The highest BCUT2D eigenvalue weighted by Crippen LogP contribution is 2.25. The first-order chi connectivity index (χ1) is 17.1. The summed E-state index contributed by atoms with van der Waals surface area (Å²) in [5.74, 6) is -0.263. The van der Waals surface area contributed by atoms with Crippen LogP contribution in [0.2, 0.25) is 0 Å². The molecule has 0 aliphatic carbocycles. The number of fused-ring (bicyclic) bond motifs is 1. The Labute approximate surface area is 206 Å². The van der Waals surface area contributed by atoms with Gasteiger partial charge in [0.1, 0.15) is 5.82 Å². The van der Waals surface area contributed by atoms with Gasteiger partial charge < -0.3 is 9.88 Å². The molecule has 1 saturated heterocycles. The van der Waals surface area contributed by atoms with E-state index in [1.165, 1.54) is 33.8 Å². The van der Waals surface area contributed by atoms with Gasteiger partial charge in [-0.1, -0.05) is 66.2 Å². The van der Waals surface area contributed by atoms with Crippen LogP contribution in [0.4, 0.5) is 4.39 Å². The highest BCUT2D eigenvalue weighted by atomic mass is 19.1. The van der Waals surface area contributed by atoms with Gasteiger partial charge in [0, 0.05) is 42.3 Å². The monoisotopic (exact) mass is 469 g/mol. The van der Waals surface area contributed by atoms with Crippen molar-refractivity contribution in [3.63, 3.8) is 0 Å². The fourth-order valence-electron chi connectivity index (χ4n) is 5.13. The average molecular weight is 470 g/mol. The molecule has 0 atom stereocenters. The third-order valence-corrected chi connectivity index (χ3v) is 7.07. The number of rotatable bonds is 7. The maximum atomic E-state index is 13.8. The van der Waals surface area contributed by atoms with Crippen molar-refractivity contribution in [2.45, 2.75) is 39.4 Å². The van der Waals surface area contributed by atoms with E-state index in [2.05, 4.69) is 76.3 Å². The number of carbonyl (C=O) groups is 1. The molecule has 4 aromatic rings. The molecule has 1 aromatic heterocycles. The number of para-hydroxylation sites is 1. The number of hydrogen-bond acceptors (Lipinski definition) is 2. The fraction of sp³-hybridized carbons (Fsp3) is 0.300. The van der Waals surface area contributed by atoms with Crippen LogP contribution < -0.4 is 5.32 Å². The van der Waals surface area contributed by atoms with Gasteiger partial charge in [-0.05, 0) is 62.0 Å². The normalized spacial score (nSPS) is 14.9. The van der Waals surface area contributed by atoms with Crippen LogP contribution in [0.1, 0.15) is 35.2 Å². The second-order valence-electron chi connectivity index (χ2n) is 9.63. The zero-order chi connectivity index (χ0) is 24.2. The average Bonchev–Trinajstić information content (AvgIpc) is 3.20. The number of carbonyl (C=O) groups excluding carboxylic acids is 1. The molecule has 0 radical (unpaired) electrons. The number of nitrogens with one attached hydrogen (secondary N) is 1. The lowest BCUT2D eigenvalue weighted by molar-refractivity contribution is -0.126. The third-order valence-electron chi connectivity index (χ3n) is 7.07. The molecule has 4 nitrogen and oxygen atoms in total. The summed E-state index contributed by atoms with van der Waals surface area (Å²) < 4.78 is 16.3. The van der Waals surface area contributed by atoms with Crippen LogP contribution in [0.15, 0.2) is 78.9 Å². The first-order valence-electron chi connectivity index (χ1n) is 12.4. The molecule has 5 rings (SSSR count). The molecule has 1 aliphatic heterocycles. The van der Waals surface area contributed by atoms with Gasteiger partial charge in [-0.15, -0.1) is 0 Å². The van der Waals surface area contributed by atoms with Crippen molar-refractivity contribution in [1.82, 2.24) is 14.8 Å². The van der Waals surface area contributed by atoms with Crippen molar-refractivity contribution < 1.29 is 9.18 Å². The molecule has 0 bridgehead atoms. The highest BCUT2D eigenvalue weighted by molar-refractivity contribution is 5.81. The summed E-state index contributed by atoms with van der Waals surface area (Å²) >= 11 is 0. The van der Waals surface area contributed by atoms with Gasteiger partial charge >= 0.3 is 0 Å². The van der Waals surface area contributed by atoms with Crippen LogP contribution in [0.25, 0.3) is 10.9 Å². The maximum Gasteiger partial charge on any atom is 0.223 e. The molecule has 5 heteroatoms. The smallest absolute Gasteiger partial charge is 0.223 e. The van der Waals surface area contributed by atoms with Crippen LogP contribution in [-0.2, 0) is 24.4 Å². The second kappa shape index (κ2) is 10.4. The first-order valence-corrected chi connectivity index (χ1v) is 12.4. The van der Waals surface area contributed by atoms with Crippen molar-refractivity contribution in [1.29, 1.82) is 0 Å². The lowest BCUT2D eigenvalue weighted by Crippen LogP contribution is -2.40. The standard InChI is InChI=1S/C30H32FN3O/c1-22-7-6-8-23(17-22)20-34-27(18-25-9-3-5-12-29(25)34)21-33-15-13-24(14-16-33)30(35)32-19-26-10-2-4-11-28(26)31/h2-12,17-18,24H,13-16,19-21H2,1H3,(H,32,35). The molecule has 35 heavy (non-hydrogen) atoms. The molecule has 1 fully saturated rings. The summed E-state index contributed by atoms with van der Waals surface area (Å²) in [7, 11) is 0. The number of benzene rings is 3. The molecule has 2 heterocycles. The first kappa shape index (κ1) is 23.3. The summed E-state index contributed by atoms with van der Waals surface area (Å²) in [4.78, 5) is 15.1. The quantitative estimate of drug-likeness (QED) is 0.379. The Morgan fingerprint density at radius 1 is 0.943 bits per heavy atom. The van der Waals surface area contributed by atoms with Gasteiger partial charge in [0.05, 0.1) is 0 Å². The Balaban J connectivity index is 1.23. The number of aryl methyl sites for hydroxylation is 1. The molecule has 1 amide bonds. The largest absolute Gasteiger partial charge is 0.352 e. The van der Waals surface area contributed by atoms with E-state index in [1.807, 2.05) is 0 Å². The number of halogens is 1. The van der Waals surface area contributed by atoms with E-state index in [9.17, 15) is 9.18 Å². The van der Waals surface area contributed by atoms with Gasteiger partial charge in [-0.3, -0.25) is 9.69 Å². The van der Waals surface area contributed by atoms with Gasteiger partial charge in [-0.25, -0.2) is 4.39 Å². The van der Waals surface area contributed by atoms with E-state index in [4.69, 9.17) is 0 Å². The molecule has 0 spiro atoms. The maximum absolute atomic E-state index is 13.8. The summed E-state index contributed by atoms with van der Waals surface area (Å²) in [5, 5.41) is 4.19. The van der Waals surface area contributed by atoms with Gasteiger partial charge in [-0.2, -0.15) is 0 Å². The van der Waals surface area contributed by atoms with E-state index in [-0.39, 0.29) is 24.2 Å². The lowest BCUT2D eigenvalue weighted by Gasteiger charge is -2.31. The fourth-order valence-corrected chi connectivity index (χ4v) is 5.13. The predicted molar refractivity (Wildman–Crippen MR) is 138 cm³/mol. The van der Waals surface area contributed by atoms with E-state index in [0.717, 1.165) is 39.0 Å². The number of nitrogens with zero attached hydrogens (tertiary/aromatic N) is 2. The number of hydrogen-bond donors (Lipinski definition) is 1. The molecule has 0 saturated carbocycles. The minimum atomic E-state index is -0.274. The molecule has 3 aromatic carbocycles. The number of amides is 1. The van der Waals surface area contributed by atoms with Crippen molar-refractivity contribution in [3.8, 4) is 0 Å². The Morgan fingerprint density at radius 2 is 1.71 bits per heavy atom. The molecule has 180 valence electrons. The topological polar surface area (TPSA) is 37.3 Å². The molecule has 1 N–H and O–H groups in total. The van der Waals surface area contributed by atoms with Crippen LogP contribution in [0.3, 0.4) is 0 Å². The zero-order valence-electron chi connectivity index (χ0n) is 20.2. The number of likely N-dealkylation sites (tertiary alicyclic amines) is 1. The zero-order valence-corrected chi connectivity index (χ0v) is 20.2. The summed E-state index contributed by atoms with van der Waals surface area (Å²) in [5.41, 5.74) is 5.66. The Kier molecular flexibility index (Phi) is 6.96. The summed E-state index contributed by atoms with van der Waals surface area (Å²) in [6.45, 7) is 5.84. The minimum Gasteiger partial charge on any atom is -0.352 e. The molecule has 0 unspecified atom stereocenters. The van der Waals surface area contributed by atoms with Crippen molar-refractivity contribution >= 4 is 16.8 Å². The van der Waals surface area contributed by atoms with E-state index >= 15 is 0 Å². The Hall–Kier alpha value is -3.44. The highest BCUT2D eigenvalue weighted by Gasteiger charge is 2.25.